The van der Waals surface area contributed by atoms with Gasteiger partial charge in [-0.2, -0.15) is 0 Å². The molecule has 0 unspecified atom stereocenters. The third-order valence-electron chi connectivity index (χ3n) is 3.65. The molecule has 2 rings (SSSR count). The van der Waals surface area contributed by atoms with Crippen molar-refractivity contribution < 1.29 is 4.79 Å². The maximum atomic E-state index is 11.6. The molecule has 1 saturated heterocycles. The minimum absolute atomic E-state index is 0.116. The maximum absolute atomic E-state index is 11.6. The first kappa shape index (κ1) is 14.9. The Kier molecular flexibility index (Phi) is 5.01. The second-order valence-corrected chi connectivity index (χ2v) is 5.77. The van der Waals surface area contributed by atoms with Crippen LogP contribution in [-0.2, 0) is 11.3 Å². The van der Waals surface area contributed by atoms with Crippen molar-refractivity contribution in [2.24, 2.45) is 0 Å². The van der Waals surface area contributed by atoms with Crippen molar-refractivity contribution >= 4 is 11.6 Å². The van der Waals surface area contributed by atoms with E-state index in [9.17, 15) is 4.79 Å². The van der Waals surface area contributed by atoms with Crippen LogP contribution in [0.15, 0.2) is 18.2 Å². The van der Waals surface area contributed by atoms with Crippen LogP contribution < -0.4 is 15.5 Å². The average molecular weight is 275 g/mol. The maximum Gasteiger partial charge on any atom is 0.239 e. The third kappa shape index (κ3) is 3.97. The second kappa shape index (κ2) is 6.75. The first-order valence-electron chi connectivity index (χ1n) is 7.41. The van der Waals surface area contributed by atoms with Crippen LogP contribution >= 0.6 is 0 Å². The molecule has 0 radical (unpaired) electrons. The van der Waals surface area contributed by atoms with E-state index in [1.807, 2.05) is 0 Å². The summed E-state index contributed by atoms with van der Waals surface area (Å²) >= 11 is 0. The molecular formula is C16H25N3O. The monoisotopic (exact) mass is 275 g/mol. The highest BCUT2D eigenvalue weighted by atomic mass is 16.2. The summed E-state index contributed by atoms with van der Waals surface area (Å²) in [6.45, 7) is 9.51. The zero-order chi connectivity index (χ0) is 14.5. The van der Waals surface area contributed by atoms with Crippen LogP contribution in [0.2, 0.25) is 0 Å². The van der Waals surface area contributed by atoms with Gasteiger partial charge in [0.15, 0.2) is 0 Å². The van der Waals surface area contributed by atoms with E-state index in [-0.39, 0.29) is 5.91 Å². The zero-order valence-electron chi connectivity index (χ0n) is 12.7. The number of carbonyl (C=O) groups excluding carboxylic acids is 1. The fourth-order valence-corrected chi connectivity index (χ4v) is 2.42. The van der Waals surface area contributed by atoms with E-state index in [1.54, 1.807) is 0 Å². The minimum Gasteiger partial charge on any atom is -0.362 e. The number of hydrogen-bond acceptors (Lipinski definition) is 3. The first-order chi connectivity index (χ1) is 9.56. The predicted octanol–water partition coefficient (Wildman–Crippen LogP) is 1.82. The van der Waals surface area contributed by atoms with Gasteiger partial charge < -0.3 is 15.5 Å². The molecule has 4 nitrogen and oxygen atoms in total. The van der Waals surface area contributed by atoms with E-state index in [1.165, 1.54) is 11.1 Å². The van der Waals surface area contributed by atoms with Crippen LogP contribution in [0.3, 0.4) is 0 Å². The molecule has 1 aromatic carbocycles. The number of carbonyl (C=O) groups is 1. The van der Waals surface area contributed by atoms with Gasteiger partial charge in [0.2, 0.25) is 5.91 Å². The van der Waals surface area contributed by atoms with Gasteiger partial charge in [-0.05, 0) is 36.6 Å². The summed E-state index contributed by atoms with van der Waals surface area (Å²) < 4.78 is 0. The number of benzene rings is 1. The molecule has 0 atom stereocenters. The van der Waals surface area contributed by atoms with Crippen molar-refractivity contribution in [1.29, 1.82) is 0 Å². The molecule has 1 aromatic rings. The van der Waals surface area contributed by atoms with E-state index in [2.05, 4.69) is 54.5 Å². The number of nitrogens with one attached hydrogen (secondary N) is 2. The number of nitrogens with zero attached hydrogens (tertiary/aromatic N) is 1. The van der Waals surface area contributed by atoms with E-state index < -0.39 is 0 Å². The molecule has 0 bridgehead atoms. The highest BCUT2D eigenvalue weighted by molar-refractivity contribution is 5.81. The number of amides is 1. The molecule has 1 heterocycles. The minimum atomic E-state index is 0.116. The summed E-state index contributed by atoms with van der Waals surface area (Å²) in [4.78, 5) is 13.8. The van der Waals surface area contributed by atoms with Gasteiger partial charge in [-0.1, -0.05) is 19.9 Å². The zero-order valence-corrected chi connectivity index (χ0v) is 12.7. The van der Waals surface area contributed by atoms with Crippen LogP contribution in [0.1, 0.15) is 31.4 Å². The van der Waals surface area contributed by atoms with Gasteiger partial charge in [0.25, 0.3) is 0 Å². The molecule has 0 aromatic heterocycles. The predicted molar refractivity (Wildman–Crippen MR) is 83.0 cm³/mol. The van der Waals surface area contributed by atoms with E-state index in [0.29, 0.717) is 12.6 Å². The quantitative estimate of drug-likeness (QED) is 0.881. The second-order valence-electron chi connectivity index (χ2n) is 5.77. The topological polar surface area (TPSA) is 44.4 Å². The largest absolute Gasteiger partial charge is 0.362 e. The van der Waals surface area contributed by atoms with Crippen LogP contribution in [0, 0.1) is 6.92 Å². The lowest BCUT2D eigenvalue weighted by atomic mass is 10.1. The fourth-order valence-electron chi connectivity index (χ4n) is 2.42. The first-order valence-corrected chi connectivity index (χ1v) is 7.41. The van der Waals surface area contributed by atoms with Gasteiger partial charge in [0, 0.05) is 31.4 Å². The Morgan fingerprint density at radius 3 is 2.90 bits per heavy atom. The smallest absolute Gasteiger partial charge is 0.239 e. The molecule has 1 aliphatic rings. The number of aryl methyl sites for hydroxylation is 1. The van der Waals surface area contributed by atoms with Gasteiger partial charge >= 0.3 is 0 Å². The Labute approximate surface area is 121 Å². The fraction of sp³-hybridized carbons (Fsp3) is 0.562. The van der Waals surface area contributed by atoms with Crippen molar-refractivity contribution in [3.05, 3.63) is 29.3 Å². The summed E-state index contributed by atoms with van der Waals surface area (Å²) in [5, 5.41) is 6.35. The molecule has 0 saturated carbocycles. The molecule has 1 amide bonds. The molecule has 0 aliphatic carbocycles. The highest BCUT2D eigenvalue weighted by Gasteiger charge is 2.15. The van der Waals surface area contributed by atoms with E-state index >= 15 is 0 Å². The lowest BCUT2D eigenvalue weighted by Gasteiger charge is -2.22. The van der Waals surface area contributed by atoms with Gasteiger partial charge in [-0.15, -0.1) is 0 Å². The Morgan fingerprint density at radius 1 is 1.40 bits per heavy atom. The van der Waals surface area contributed by atoms with E-state index in [0.717, 1.165) is 31.7 Å². The molecule has 4 heteroatoms. The standard InChI is InChI=1S/C16H25N3O/c1-12(2)18-10-14-5-6-15(9-13(14)3)19-8-4-7-17-16(20)11-19/h5-6,9,12,18H,4,7-8,10-11H2,1-3H3,(H,17,20). The normalized spacial score (nSPS) is 16.2. The Hall–Kier alpha value is -1.55. The molecule has 20 heavy (non-hydrogen) atoms. The van der Waals surface area contributed by atoms with Gasteiger partial charge in [-0.3, -0.25) is 4.79 Å². The lowest BCUT2D eigenvalue weighted by Crippen LogP contribution is -2.33. The molecular weight excluding hydrogens is 250 g/mol. The Morgan fingerprint density at radius 2 is 2.20 bits per heavy atom. The number of rotatable bonds is 4. The molecule has 110 valence electrons. The number of hydrogen-bond donors (Lipinski definition) is 2. The van der Waals surface area contributed by atoms with Gasteiger partial charge in [0.1, 0.15) is 0 Å². The number of anilines is 1. The van der Waals surface area contributed by atoms with Crippen molar-refractivity contribution in [3.63, 3.8) is 0 Å². The molecule has 2 N–H and O–H groups in total. The highest BCUT2D eigenvalue weighted by Crippen LogP contribution is 2.20. The summed E-state index contributed by atoms with van der Waals surface area (Å²) in [5.41, 5.74) is 3.75. The summed E-state index contributed by atoms with van der Waals surface area (Å²) in [6, 6.07) is 6.98. The Bertz CT molecular complexity index is 471. The van der Waals surface area contributed by atoms with Crippen molar-refractivity contribution in [3.8, 4) is 0 Å². The summed E-state index contributed by atoms with van der Waals surface area (Å²) in [7, 11) is 0. The Balaban J connectivity index is 2.09. The van der Waals surface area contributed by atoms with Crippen LogP contribution in [0.5, 0.6) is 0 Å². The van der Waals surface area contributed by atoms with Crippen LogP contribution in [-0.4, -0.2) is 31.6 Å². The van der Waals surface area contributed by atoms with Gasteiger partial charge in [-0.25, -0.2) is 0 Å². The SMILES string of the molecule is Cc1cc(N2CCCNC(=O)C2)ccc1CNC(C)C. The van der Waals surface area contributed by atoms with E-state index in [4.69, 9.17) is 0 Å². The summed E-state index contributed by atoms with van der Waals surface area (Å²) in [5.74, 6) is 0.116. The van der Waals surface area contributed by atoms with Gasteiger partial charge in [0.05, 0.1) is 6.54 Å². The molecule has 0 spiro atoms. The van der Waals surface area contributed by atoms with Crippen molar-refractivity contribution in [2.75, 3.05) is 24.5 Å². The lowest BCUT2D eigenvalue weighted by molar-refractivity contribution is -0.119. The molecule has 1 aliphatic heterocycles. The average Bonchev–Trinajstić information content (AvgIpc) is 2.62. The third-order valence-corrected chi connectivity index (χ3v) is 3.65. The van der Waals surface area contributed by atoms with Crippen LogP contribution in [0.25, 0.3) is 0 Å². The van der Waals surface area contributed by atoms with Crippen molar-refractivity contribution in [2.45, 2.75) is 39.8 Å². The van der Waals surface area contributed by atoms with Crippen molar-refractivity contribution in [1.82, 2.24) is 10.6 Å². The summed E-state index contributed by atoms with van der Waals surface area (Å²) in [6.07, 6.45) is 1.00. The van der Waals surface area contributed by atoms with Crippen LogP contribution in [0.4, 0.5) is 5.69 Å². The molecule has 1 fully saturated rings.